The normalized spacial score (nSPS) is 13.3. The van der Waals surface area contributed by atoms with Gasteiger partial charge in [0.15, 0.2) is 6.10 Å². The molecule has 0 amide bonds. The van der Waals surface area contributed by atoms with Crippen molar-refractivity contribution in [3.05, 3.63) is 170 Å². The van der Waals surface area contributed by atoms with Crippen LogP contribution in [0.1, 0.15) is 265 Å². The highest BCUT2D eigenvalue weighted by atomic mass is 16.6. The van der Waals surface area contributed by atoms with Crippen molar-refractivity contribution >= 4 is 17.9 Å². The van der Waals surface area contributed by atoms with Crippen LogP contribution in [0, 0.1) is 0 Å². The molecule has 0 aromatic rings. The van der Waals surface area contributed by atoms with Crippen LogP contribution >= 0.6 is 0 Å². The fourth-order valence-corrected chi connectivity index (χ4v) is 8.35. The summed E-state index contributed by atoms with van der Waals surface area (Å²) in [5.41, 5.74) is 0. The molecule has 0 heterocycles. The molecule has 0 rings (SSSR count). The number of esters is 3. The van der Waals surface area contributed by atoms with Crippen LogP contribution in [0.15, 0.2) is 170 Å². The molecule has 1 unspecified atom stereocenters. The third-order valence-corrected chi connectivity index (χ3v) is 13.2. The smallest absolute Gasteiger partial charge is 0.306 e. The summed E-state index contributed by atoms with van der Waals surface area (Å²) in [7, 11) is 0. The zero-order valence-electron chi connectivity index (χ0n) is 52.0. The topological polar surface area (TPSA) is 78.9 Å². The van der Waals surface area contributed by atoms with E-state index >= 15 is 0 Å². The van der Waals surface area contributed by atoms with Gasteiger partial charge in [-0.25, -0.2) is 0 Å². The minimum atomic E-state index is -0.816. The molecule has 0 N–H and O–H groups in total. The van der Waals surface area contributed by atoms with E-state index in [1.54, 1.807) is 0 Å². The van der Waals surface area contributed by atoms with Gasteiger partial charge in [-0.3, -0.25) is 14.4 Å². The lowest BCUT2D eigenvalue weighted by molar-refractivity contribution is -0.167. The molecule has 81 heavy (non-hydrogen) atoms. The summed E-state index contributed by atoms with van der Waals surface area (Å²) in [6, 6.07) is 0. The summed E-state index contributed by atoms with van der Waals surface area (Å²) >= 11 is 0. The van der Waals surface area contributed by atoms with E-state index in [2.05, 4.69) is 191 Å². The van der Waals surface area contributed by atoms with E-state index in [-0.39, 0.29) is 37.5 Å². The van der Waals surface area contributed by atoms with E-state index in [4.69, 9.17) is 14.2 Å². The Morgan fingerprint density at radius 1 is 0.259 bits per heavy atom. The van der Waals surface area contributed by atoms with Crippen molar-refractivity contribution in [2.24, 2.45) is 0 Å². The zero-order valence-corrected chi connectivity index (χ0v) is 52.0. The Kier molecular flexibility index (Phi) is 62.9. The largest absolute Gasteiger partial charge is 0.462 e. The Balaban J connectivity index is 4.36. The molecule has 0 saturated heterocycles. The number of hydrogen-bond donors (Lipinski definition) is 0. The lowest BCUT2D eigenvalue weighted by Gasteiger charge is -2.18. The number of allylic oxidation sites excluding steroid dienone is 28. The Morgan fingerprint density at radius 2 is 0.481 bits per heavy atom. The first-order chi connectivity index (χ1) is 40.0. The van der Waals surface area contributed by atoms with Crippen LogP contribution in [0.25, 0.3) is 0 Å². The summed E-state index contributed by atoms with van der Waals surface area (Å²) < 4.78 is 16.9. The molecule has 0 aromatic heterocycles. The highest BCUT2D eigenvalue weighted by Crippen LogP contribution is 2.14. The second kappa shape index (κ2) is 67.3. The molecule has 0 bridgehead atoms. The minimum Gasteiger partial charge on any atom is -0.462 e. The molecule has 6 heteroatoms. The van der Waals surface area contributed by atoms with Gasteiger partial charge >= 0.3 is 17.9 Å². The maximum atomic E-state index is 12.9. The predicted octanol–water partition coefficient (Wildman–Crippen LogP) is 22.7. The minimum absolute atomic E-state index is 0.109. The van der Waals surface area contributed by atoms with Crippen LogP contribution in [0.4, 0.5) is 0 Å². The molecule has 1 atom stereocenters. The average Bonchev–Trinajstić information content (AvgIpc) is 3.47. The molecule has 0 radical (unpaired) electrons. The molecule has 0 spiro atoms. The maximum Gasteiger partial charge on any atom is 0.306 e. The molecule has 454 valence electrons. The number of hydrogen-bond acceptors (Lipinski definition) is 6. The van der Waals surface area contributed by atoms with Crippen LogP contribution in [-0.2, 0) is 28.6 Å². The third kappa shape index (κ3) is 65.5. The Labute approximate surface area is 498 Å². The molecule has 0 aliphatic rings. The standard InChI is InChI=1S/C75H118O6/c1-4-7-10-13-16-19-22-24-26-28-30-32-33-34-35-36-37-38-39-40-41-43-44-46-48-50-53-56-59-62-65-68-74(77)80-71-72(70-79-73(76)67-64-61-58-55-52-21-18-15-12-9-6-3)81-75(78)69-66-63-60-57-54-51-49-47-45-42-31-29-27-25-23-20-17-14-11-8-5-2/h7-8,10-11,15-20,24-27,30-32,34-35,37-38,40-42,47,49,54,57,72H,4-6,9,12-14,21-23,28-29,33,36,39,43-46,48,50-53,55-56,58-71H2,1-3H3/b10-7-,11-8-,18-15-,19-16-,20-17-,26-24-,27-25-,32-30-,35-34-,38-37-,41-40-,42-31-,49-47-,57-54-. The molecule has 0 saturated carbocycles. The van der Waals surface area contributed by atoms with Gasteiger partial charge in [-0.05, 0) is 148 Å². The zero-order chi connectivity index (χ0) is 58.5. The van der Waals surface area contributed by atoms with Gasteiger partial charge in [0.05, 0.1) is 0 Å². The van der Waals surface area contributed by atoms with E-state index in [1.807, 2.05) is 0 Å². The number of ether oxygens (including phenoxy) is 3. The summed E-state index contributed by atoms with van der Waals surface area (Å²) in [4.78, 5) is 38.3. The third-order valence-electron chi connectivity index (χ3n) is 13.2. The van der Waals surface area contributed by atoms with Crippen molar-refractivity contribution in [1.29, 1.82) is 0 Å². The van der Waals surface area contributed by atoms with E-state index in [0.717, 1.165) is 154 Å². The van der Waals surface area contributed by atoms with Crippen LogP contribution in [0.2, 0.25) is 0 Å². The van der Waals surface area contributed by atoms with E-state index in [0.29, 0.717) is 19.3 Å². The first kappa shape index (κ1) is 75.8. The molecule has 6 nitrogen and oxygen atoms in total. The van der Waals surface area contributed by atoms with Crippen LogP contribution in [0.3, 0.4) is 0 Å². The maximum absolute atomic E-state index is 12.9. The van der Waals surface area contributed by atoms with Gasteiger partial charge in [0.2, 0.25) is 0 Å². The van der Waals surface area contributed by atoms with E-state index < -0.39 is 6.10 Å². The molecule has 0 aliphatic heterocycles. The van der Waals surface area contributed by atoms with Crippen molar-refractivity contribution in [3.8, 4) is 0 Å². The number of carbonyl (C=O) groups is 3. The number of carbonyl (C=O) groups excluding carboxylic acids is 3. The molecule has 0 aromatic carbocycles. The van der Waals surface area contributed by atoms with Crippen molar-refractivity contribution in [2.75, 3.05) is 13.2 Å². The van der Waals surface area contributed by atoms with Gasteiger partial charge in [0.1, 0.15) is 13.2 Å². The van der Waals surface area contributed by atoms with Crippen molar-refractivity contribution in [1.82, 2.24) is 0 Å². The SMILES string of the molecule is CC/C=C\C/C=C\C/C=C\C/C=C\C/C=C\C/C=C\C/C=C\CCCCCCCCCCCC(=O)OCC(COC(=O)CCCCCCC/C=C\CCCC)OC(=O)CCCC/C=C\C/C=C\C/C=C\C/C=C\C/C=C\C/C=C\CC. The van der Waals surface area contributed by atoms with Gasteiger partial charge in [0, 0.05) is 19.3 Å². The van der Waals surface area contributed by atoms with E-state index in [1.165, 1.54) is 64.2 Å². The van der Waals surface area contributed by atoms with Crippen LogP contribution in [0.5, 0.6) is 0 Å². The monoisotopic (exact) mass is 1110 g/mol. The molecule has 0 aliphatic carbocycles. The fraction of sp³-hybridized carbons (Fsp3) is 0.587. The van der Waals surface area contributed by atoms with Gasteiger partial charge < -0.3 is 14.2 Å². The highest BCUT2D eigenvalue weighted by Gasteiger charge is 2.19. The van der Waals surface area contributed by atoms with Gasteiger partial charge in [-0.2, -0.15) is 0 Å². The summed E-state index contributed by atoms with van der Waals surface area (Å²) in [6.45, 7) is 6.32. The first-order valence-corrected chi connectivity index (χ1v) is 32.6. The van der Waals surface area contributed by atoms with Crippen molar-refractivity contribution < 1.29 is 28.6 Å². The second-order valence-corrected chi connectivity index (χ2v) is 20.9. The fourth-order valence-electron chi connectivity index (χ4n) is 8.35. The Hall–Kier alpha value is -5.23. The second-order valence-electron chi connectivity index (χ2n) is 20.9. The first-order valence-electron chi connectivity index (χ1n) is 32.6. The highest BCUT2D eigenvalue weighted by molar-refractivity contribution is 5.71. The van der Waals surface area contributed by atoms with Crippen LogP contribution < -0.4 is 0 Å². The summed E-state index contributed by atoms with van der Waals surface area (Å²) in [6.07, 6.45) is 99.4. The van der Waals surface area contributed by atoms with Gasteiger partial charge in [-0.1, -0.05) is 268 Å². The van der Waals surface area contributed by atoms with Crippen LogP contribution in [-0.4, -0.2) is 37.2 Å². The Bertz CT molecular complexity index is 1860. The van der Waals surface area contributed by atoms with E-state index in [9.17, 15) is 14.4 Å². The number of rotatable bonds is 57. The lowest BCUT2D eigenvalue weighted by Crippen LogP contribution is -2.30. The van der Waals surface area contributed by atoms with Gasteiger partial charge in [-0.15, -0.1) is 0 Å². The van der Waals surface area contributed by atoms with Crippen molar-refractivity contribution in [3.63, 3.8) is 0 Å². The summed E-state index contributed by atoms with van der Waals surface area (Å²) in [5, 5.41) is 0. The quantitative estimate of drug-likeness (QED) is 0.0261. The van der Waals surface area contributed by atoms with Gasteiger partial charge in [0.25, 0.3) is 0 Å². The average molecular weight is 1120 g/mol. The molecular weight excluding hydrogens is 997 g/mol. The summed E-state index contributed by atoms with van der Waals surface area (Å²) in [5.74, 6) is -0.973. The Morgan fingerprint density at radius 3 is 0.790 bits per heavy atom. The number of unbranched alkanes of at least 4 members (excludes halogenated alkanes) is 18. The lowest BCUT2D eigenvalue weighted by atomic mass is 10.1. The predicted molar refractivity (Wildman–Crippen MR) is 352 cm³/mol. The molecule has 0 fully saturated rings. The van der Waals surface area contributed by atoms with Crippen molar-refractivity contribution in [2.45, 2.75) is 271 Å². The molecular formula is C75H118O6.